The van der Waals surface area contributed by atoms with Crippen molar-refractivity contribution in [1.29, 1.82) is 0 Å². The first-order chi connectivity index (χ1) is 9.63. The summed E-state index contributed by atoms with van der Waals surface area (Å²) < 4.78 is 14.0. The van der Waals surface area contributed by atoms with E-state index in [1.165, 1.54) is 6.07 Å². The summed E-state index contributed by atoms with van der Waals surface area (Å²) in [4.78, 5) is 10.6. The molecule has 0 saturated heterocycles. The summed E-state index contributed by atoms with van der Waals surface area (Å²) in [6.45, 7) is 4.95. The molecule has 5 heteroatoms. The average molecular weight is 274 g/mol. The van der Waals surface area contributed by atoms with Crippen molar-refractivity contribution in [2.45, 2.75) is 20.3 Å². The second-order valence-electron chi connectivity index (χ2n) is 4.64. The highest BCUT2D eigenvalue weighted by atomic mass is 19.1. The van der Waals surface area contributed by atoms with Crippen LogP contribution in [0.15, 0.2) is 30.5 Å². The van der Waals surface area contributed by atoms with Crippen molar-refractivity contribution in [3.63, 3.8) is 0 Å². The molecule has 2 N–H and O–H groups in total. The third-order valence-electron chi connectivity index (χ3n) is 3.19. The van der Waals surface area contributed by atoms with Crippen molar-refractivity contribution in [2.24, 2.45) is 5.73 Å². The van der Waals surface area contributed by atoms with Crippen LogP contribution in [0, 0.1) is 19.7 Å². The van der Waals surface area contributed by atoms with Gasteiger partial charge in [-0.25, -0.2) is 9.37 Å². The molecule has 106 valence electrons. The number of nitrogens with two attached hydrogens (primary N) is 1. The summed E-state index contributed by atoms with van der Waals surface area (Å²) in [5, 5.41) is 0. The van der Waals surface area contributed by atoms with Gasteiger partial charge in [0.2, 0.25) is 0 Å². The fraction of sp³-hybridized carbons (Fsp3) is 0.333. The molecule has 2 rings (SSSR count). The first-order valence-electron chi connectivity index (χ1n) is 6.66. The standard InChI is InChI=1S/C15H19FN4/c1-11-12(2)19-15(10-18-11)20(9-5-8-17)14-7-4-3-6-13(14)16/h3-4,6-7,10H,5,8-9,17H2,1-2H3. The van der Waals surface area contributed by atoms with Gasteiger partial charge in [-0.15, -0.1) is 0 Å². The molecule has 1 aromatic heterocycles. The molecule has 4 nitrogen and oxygen atoms in total. The number of halogens is 1. The Morgan fingerprint density at radius 1 is 1.20 bits per heavy atom. The van der Waals surface area contributed by atoms with E-state index in [4.69, 9.17) is 5.73 Å². The van der Waals surface area contributed by atoms with Crippen LogP contribution in [0.2, 0.25) is 0 Å². The number of anilines is 2. The fourth-order valence-corrected chi connectivity index (χ4v) is 1.94. The van der Waals surface area contributed by atoms with Gasteiger partial charge in [0.05, 0.1) is 23.3 Å². The van der Waals surface area contributed by atoms with Gasteiger partial charge in [0, 0.05) is 6.54 Å². The molecule has 20 heavy (non-hydrogen) atoms. The van der Waals surface area contributed by atoms with E-state index in [0.717, 1.165) is 17.8 Å². The van der Waals surface area contributed by atoms with E-state index in [9.17, 15) is 4.39 Å². The molecule has 0 unspecified atom stereocenters. The molecule has 0 aliphatic carbocycles. The Hall–Kier alpha value is -2.01. The van der Waals surface area contributed by atoms with Gasteiger partial charge in [0.25, 0.3) is 0 Å². The molecule has 0 aliphatic heterocycles. The van der Waals surface area contributed by atoms with Crippen LogP contribution in [0.25, 0.3) is 0 Å². The maximum Gasteiger partial charge on any atom is 0.151 e. The zero-order valence-corrected chi connectivity index (χ0v) is 11.8. The van der Waals surface area contributed by atoms with Crippen LogP contribution >= 0.6 is 0 Å². The molecular formula is C15H19FN4. The van der Waals surface area contributed by atoms with E-state index in [1.807, 2.05) is 24.8 Å². The highest BCUT2D eigenvalue weighted by Crippen LogP contribution is 2.26. The Labute approximate surface area is 118 Å². The van der Waals surface area contributed by atoms with Crippen molar-refractivity contribution >= 4 is 11.5 Å². The van der Waals surface area contributed by atoms with Crippen LogP contribution in [-0.2, 0) is 0 Å². The predicted octanol–water partition coefficient (Wildman–Crippen LogP) is 2.72. The van der Waals surface area contributed by atoms with Gasteiger partial charge in [-0.1, -0.05) is 12.1 Å². The minimum absolute atomic E-state index is 0.274. The first-order valence-corrected chi connectivity index (χ1v) is 6.66. The van der Waals surface area contributed by atoms with Crippen LogP contribution in [0.1, 0.15) is 17.8 Å². The predicted molar refractivity (Wildman–Crippen MR) is 78.6 cm³/mol. The highest BCUT2D eigenvalue weighted by Gasteiger charge is 2.15. The largest absolute Gasteiger partial charge is 0.330 e. The van der Waals surface area contributed by atoms with Crippen LogP contribution in [0.3, 0.4) is 0 Å². The van der Waals surface area contributed by atoms with Crippen molar-refractivity contribution in [3.8, 4) is 0 Å². The molecule has 0 aliphatic rings. The molecule has 0 spiro atoms. The molecule has 0 bridgehead atoms. The number of benzene rings is 1. The van der Waals surface area contributed by atoms with Gasteiger partial charge < -0.3 is 10.6 Å². The first kappa shape index (κ1) is 14.4. The average Bonchev–Trinajstić information content (AvgIpc) is 2.44. The van der Waals surface area contributed by atoms with Crippen LogP contribution in [0.5, 0.6) is 0 Å². The maximum atomic E-state index is 14.0. The summed E-state index contributed by atoms with van der Waals surface area (Å²) in [5.41, 5.74) is 7.79. The molecule has 0 fully saturated rings. The van der Waals surface area contributed by atoms with Gasteiger partial charge >= 0.3 is 0 Å². The number of para-hydroxylation sites is 1. The lowest BCUT2D eigenvalue weighted by Gasteiger charge is -2.24. The van der Waals surface area contributed by atoms with Crippen molar-refractivity contribution in [1.82, 2.24) is 9.97 Å². The van der Waals surface area contributed by atoms with E-state index in [0.29, 0.717) is 24.6 Å². The molecule has 0 amide bonds. The number of rotatable bonds is 5. The third-order valence-corrected chi connectivity index (χ3v) is 3.19. The molecule has 1 heterocycles. The van der Waals surface area contributed by atoms with Crippen molar-refractivity contribution < 1.29 is 4.39 Å². The Morgan fingerprint density at radius 2 is 1.95 bits per heavy atom. The monoisotopic (exact) mass is 274 g/mol. The Balaban J connectivity index is 2.41. The fourth-order valence-electron chi connectivity index (χ4n) is 1.94. The third kappa shape index (κ3) is 3.11. The van der Waals surface area contributed by atoms with Gasteiger partial charge in [0.15, 0.2) is 5.82 Å². The minimum atomic E-state index is -0.274. The summed E-state index contributed by atoms with van der Waals surface area (Å²) in [5.74, 6) is 0.371. The lowest BCUT2D eigenvalue weighted by atomic mass is 10.2. The molecule has 1 aromatic carbocycles. The lowest BCUT2D eigenvalue weighted by molar-refractivity contribution is 0.622. The van der Waals surface area contributed by atoms with Crippen molar-refractivity contribution in [3.05, 3.63) is 47.7 Å². The quantitative estimate of drug-likeness (QED) is 0.910. The van der Waals surface area contributed by atoms with Gasteiger partial charge in [-0.05, 0) is 38.9 Å². The minimum Gasteiger partial charge on any atom is -0.330 e. The summed E-state index contributed by atoms with van der Waals surface area (Å²) >= 11 is 0. The number of aromatic nitrogens is 2. The number of aryl methyl sites for hydroxylation is 2. The van der Waals surface area contributed by atoms with Gasteiger partial charge in [0.1, 0.15) is 5.82 Å². The summed E-state index contributed by atoms with van der Waals surface area (Å²) in [6, 6.07) is 6.66. The summed E-state index contributed by atoms with van der Waals surface area (Å²) in [7, 11) is 0. The van der Waals surface area contributed by atoms with Gasteiger partial charge in [-0.3, -0.25) is 4.98 Å². The molecule has 0 radical (unpaired) electrons. The molecule has 0 saturated carbocycles. The number of hydrogen-bond donors (Lipinski definition) is 1. The zero-order chi connectivity index (χ0) is 14.5. The molecule has 2 aromatic rings. The second kappa shape index (κ2) is 6.43. The zero-order valence-electron chi connectivity index (χ0n) is 11.8. The van der Waals surface area contributed by atoms with Crippen LogP contribution in [0.4, 0.5) is 15.9 Å². The van der Waals surface area contributed by atoms with E-state index in [1.54, 1.807) is 18.3 Å². The van der Waals surface area contributed by atoms with Gasteiger partial charge in [-0.2, -0.15) is 0 Å². The molecule has 0 atom stereocenters. The Bertz CT molecular complexity index is 586. The van der Waals surface area contributed by atoms with E-state index >= 15 is 0 Å². The second-order valence-corrected chi connectivity index (χ2v) is 4.64. The summed E-state index contributed by atoms with van der Waals surface area (Å²) in [6.07, 6.45) is 2.42. The van der Waals surface area contributed by atoms with Crippen LogP contribution < -0.4 is 10.6 Å². The van der Waals surface area contributed by atoms with E-state index < -0.39 is 0 Å². The number of nitrogens with zero attached hydrogens (tertiary/aromatic N) is 3. The SMILES string of the molecule is Cc1ncc(N(CCCN)c2ccccc2F)nc1C. The Morgan fingerprint density at radius 3 is 2.60 bits per heavy atom. The lowest BCUT2D eigenvalue weighted by Crippen LogP contribution is -2.23. The maximum absolute atomic E-state index is 14.0. The smallest absolute Gasteiger partial charge is 0.151 e. The highest BCUT2D eigenvalue weighted by molar-refractivity contribution is 5.60. The number of hydrogen-bond acceptors (Lipinski definition) is 4. The van der Waals surface area contributed by atoms with E-state index in [2.05, 4.69) is 9.97 Å². The van der Waals surface area contributed by atoms with Crippen molar-refractivity contribution in [2.75, 3.05) is 18.0 Å². The van der Waals surface area contributed by atoms with Crippen LogP contribution in [-0.4, -0.2) is 23.1 Å². The van der Waals surface area contributed by atoms with E-state index in [-0.39, 0.29) is 5.82 Å². The normalized spacial score (nSPS) is 10.6. The Kier molecular flexibility index (Phi) is 4.63. The molecular weight excluding hydrogens is 255 g/mol. The topological polar surface area (TPSA) is 55.0 Å².